The van der Waals surface area contributed by atoms with Crippen LogP contribution >= 0.6 is 48.0 Å². The molecular weight excluding hydrogens is 304 g/mol. The van der Waals surface area contributed by atoms with Crippen molar-refractivity contribution in [3.63, 3.8) is 0 Å². The lowest BCUT2D eigenvalue weighted by atomic mass is 10.1. The normalized spacial score (nSPS) is 20.3. The van der Waals surface area contributed by atoms with E-state index in [0.717, 1.165) is 25.2 Å². The molecule has 1 aliphatic heterocycles. The summed E-state index contributed by atoms with van der Waals surface area (Å²) in [6, 6.07) is 1.98. The molecule has 0 radical (unpaired) electrons. The van der Waals surface area contributed by atoms with E-state index in [-0.39, 0.29) is 30.9 Å². The summed E-state index contributed by atoms with van der Waals surface area (Å²) in [5.74, 6) is 0. The van der Waals surface area contributed by atoms with E-state index in [1.54, 1.807) is 12.3 Å². The van der Waals surface area contributed by atoms with E-state index in [2.05, 4.69) is 22.2 Å². The molecule has 0 amide bonds. The van der Waals surface area contributed by atoms with Crippen molar-refractivity contribution in [2.24, 2.45) is 0 Å². The van der Waals surface area contributed by atoms with Crippen LogP contribution in [0.5, 0.6) is 0 Å². The maximum Gasteiger partial charge on any atom is 0.130 e. The van der Waals surface area contributed by atoms with Gasteiger partial charge in [-0.15, -0.1) is 24.8 Å². The maximum absolute atomic E-state index is 6.15. The molecule has 0 aromatic carbocycles. The van der Waals surface area contributed by atoms with Crippen LogP contribution < -0.4 is 5.32 Å². The van der Waals surface area contributed by atoms with Crippen molar-refractivity contribution in [1.82, 2.24) is 15.2 Å². The molecule has 1 unspecified atom stereocenters. The molecule has 0 saturated carbocycles. The first-order valence-electron chi connectivity index (χ1n) is 4.90. The molecule has 98 valence electrons. The number of hydrogen-bond acceptors (Lipinski definition) is 3. The Bertz CT molecular complexity index is 361. The van der Waals surface area contributed by atoms with Gasteiger partial charge in [-0.25, -0.2) is 4.98 Å². The molecule has 1 aromatic heterocycles. The van der Waals surface area contributed by atoms with Crippen LogP contribution in [0.4, 0.5) is 0 Å². The first-order chi connectivity index (χ1) is 7.18. The van der Waals surface area contributed by atoms with Gasteiger partial charge in [0.15, 0.2) is 0 Å². The minimum Gasteiger partial charge on any atom is -0.314 e. The van der Waals surface area contributed by atoms with Crippen molar-refractivity contribution in [3.8, 4) is 0 Å². The third-order valence-electron chi connectivity index (χ3n) is 2.72. The molecular formula is C10H15Cl4N3. The lowest BCUT2D eigenvalue weighted by Crippen LogP contribution is -2.43. The van der Waals surface area contributed by atoms with E-state index in [9.17, 15) is 0 Å². The number of pyridine rings is 1. The van der Waals surface area contributed by atoms with Crippen LogP contribution in [0.25, 0.3) is 0 Å². The standard InChI is InChI=1S/C10H13Cl2N3.2ClH/c1-15-3-2-13-6-9(15)7-5-14-10(12)4-8(7)11;;/h4-5,9,13H,2-3,6H2,1H3;2*1H. The van der Waals surface area contributed by atoms with Crippen LogP contribution in [0.1, 0.15) is 11.6 Å². The molecule has 0 aliphatic carbocycles. The number of nitrogens with zero attached hydrogens (tertiary/aromatic N) is 2. The van der Waals surface area contributed by atoms with Gasteiger partial charge in [-0.3, -0.25) is 4.90 Å². The number of halogens is 4. The van der Waals surface area contributed by atoms with E-state index in [1.807, 2.05) is 0 Å². The van der Waals surface area contributed by atoms with Gasteiger partial charge >= 0.3 is 0 Å². The van der Waals surface area contributed by atoms with Gasteiger partial charge in [0.05, 0.1) is 0 Å². The molecule has 1 aliphatic rings. The van der Waals surface area contributed by atoms with Crippen molar-refractivity contribution in [2.75, 3.05) is 26.7 Å². The van der Waals surface area contributed by atoms with Crippen LogP contribution in [0.15, 0.2) is 12.3 Å². The largest absolute Gasteiger partial charge is 0.314 e. The zero-order chi connectivity index (χ0) is 10.8. The average molecular weight is 319 g/mol. The van der Waals surface area contributed by atoms with Crippen molar-refractivity contribution >= 4 is 48.0 Å². The molecule has 1 N–H and O–H groups in total. The summed E-state index contributed by atoms with van der Waals surface area (Å²) < 4.78 is 0. The highest BCUT2D eigenvalue weighted by atomic mass is 35.5. The maximum atomic E-state index is 6.15. The summed E-state index contributed by atoms with van der Waals surface area (Å²) >= 11 is 11.9. The number of aromatic nitrogens is 1. The number of likely N-dealkylation sites (N-methyl/N-ethyl adjacent to an activating group) is 1. The Morgan fingerprint density at radius 3 is 2.71 bits per heavy atom. The van der Waals surface area contributed by atoms with Crippen LogP contribution in [-0.4, -0.2) is 36.6 Å². The molecule has 2 rings (SSSR count). The Hall–Kier alpha value is 0.230. The van der Waals surface area contributed by atoms with Gasteiger partial charge in [0.25, 0.3) is 0 Å². The molecule has 1 fully saturated rings. The fourth-order valence-corrected chi connectivity index (χ4v) is 2.31. The number of piperazine rings is 1. The van der Waals surface area contributed by atoms with Crippen molar-refractivity contribution in [3.05, 3.63) is 28.0 Å². The number of nitrogens with one attached hydrogen (secondary N) is 1. The Morgan fingerprint density at radius 2 is 2.12 bits per heavy atom. The van der Waals surface area contributed by atoms with Gasteiger partial charge in [-0.2, -0.15) is 0 Å². The highest BCUT2D eigenvalue weighted by Gasteiger charge is 2.22. The molecule has 0 bridgehead atoms. The van der Waals surface area contributed by atoms with Gasteiger partial charge in [-0.1, -0.05) is 23.2 Å². The van der Waals surface area contributed by atoms with Gasteiger partial charge in [-0.05, 0) is 13.1 Å². The first-order valence-corrected chi connectivity index (χ1v) is 5.66. The van der Waals surface area contributed by atoms with Gasteiger partial charge in [0, 0.05) is 42.5 Å². The summed E-state index contributed by atoms with van der Waals surface area (Å²) in [4.78, 5) is 6.35. The summed E-state index contributed by atoms with van der Waals surface area (Å²) in [6.07, 6.45) is 1.76. The summed E-state index contributed by atoms with van der Waals surface area (Å²) in [5, 5.41) is 4.47. The van der Waals surface area contributed by atoms with Crippen LogP contribution in [0.2, 0.25) is 10.2 Å². The van der Waals surface area contributed by atoms with Gasteiger partial charge in [0.2, 0.25) is 0 Å². The summed E-state index contributed by atoms with van der Waals surface area (Å²) in [5.41, 5.74) is 1.04. The highest BCUT2D eigenvalue weighted by Crippen LogP contribution is 2.28. The second-order valence-electron chi connectivity index (χ2n) is 3.73. The van der Waals surface area contributed by atoms with Crippen LogP contribution in [-0.2, 0) is 0 Å². The zero-order valence-electron chi connectivity index (χ0n) is 9.32. The SMILES string of the molecule is CN1CCNCC1c1cnc(Cl)cc1Cl.Cl.Cl. The minimum absolute atomic E-state index is 0. The first kappa shape index (κ1) is 17.2. The summed E-state index contributed by atoms with van der Waals surface area (Å²) in [6.45, 7) is 2.94. The summed E-state index contributed by atoms with van der Waals surface area (Å²) in [7, 11) is 2.09. The predicted octanol–water partition coefficient (Wildman–Crippen LogP) is 2.81. The smallest absolute Gasteiger partial charge is 0.130 e. The fourth-order valence-electron chi connectivity index (χ4n) is 1.82. The molecule has 3 nitrogen and oxygen atoms in total. The second kappa shape index (κ2) is 7.62. The fraction of sp³-hybridized carbons (Fsp3) is 0.500. The van der Waals surface area contributed by atoms with Gasteiger partial charge < -0.3 is 5.32 Å². The number of hydrogen-bond donors (Lipinski definition) is 1. The van der Waals surface area contributed by atoms with E-state index in [0.29, 0.717) is 10.2 Å². The molecule has 1 aromatic rings. The second-order valence-corrected chi connectivity index (χ2v) is 4.52. The van der Waals surface area contributed by atoms with E-state index in [1.165, 1.54) is 0 Å². The molecule has 2 heterocycles. The minimum atomic E-state index is 0. The van der Waals surface area contributed by atoms with Gasteiger partial charge in [0.1, 0.15) is 5.15 Å². The molecule has 7 heteroatoms. The molecule has 1 atom stereocenters. The molecule has 0 spiro atoms. The molecule has 17 heavy (non-hydrogen) atoms. The third-order valence-corrected chi connectivity index (χ3v) is 3.25. The van der Waals surface area contributed by atoms with Crippen molar-refractivity contribution < 1.29 is 0 Å². The Labute approximate surface area is 124 Å². The van der Waals surface area contributed by atoms with Crippen LogP contribution in [0, 0.1) is 0 Å². The van der Waals surface area contributed by atoms with E-state index < -0.39 is 0 Å². The number of rotatable bonds is 1. The Kier molecular flexibility index (Phi) is 7.72. The van der Waals surface area contributed by atoms with E-state index >= 15 is 0 Å². The average Bonchev–Trinajstić information content (AvgIpc) is 2.20. The van der Waals surface area contributed by atoms with Crippen LogP contribution in [0.3, 0.4) is 0 Å². The lowest BCUT2D eigenvalue weighted by Gasteiger charge is -2.33. The Morgan fingerprint density at radius 1 is 1.41 bits per heavy atom. The monoisotopic (exact) mass is 317 g/mol. The molecule has 1 saturated heterocycles. The lowest BCUT2D eigenvalue weighted by molar-refractivity contribution is 0.202. The topological polar surface area (TPSA) is 28.2 Å². The van der Waals surface area contributed by atoms with E-state index in [4.69, 9.17) is 23.2 Å². The quantitative estimate of drug-likeness (QED) is 0.807. The highest BCUT2D eigenvalue weighted by molar-refractivity contribution is 6.34. The predicted molar refractivity (Wildman–Crippen MR) is 77.0 cm³/mol. The Balaban J connectivity index is 0.00000128. The van der Waals surface area contributed by atoms with Crippen molar-refractivity contribution in [1.29, 1.82) is 0 Å². The zero-order valence-corrected chi connectivity index (χ0v) is 12.5. The third kappa shape index (κ3) is 4.12. The van der Waals surface area contributed by atoms with Crippen molar-refractivity contribution in [2.45, 2.75) is 6.04 Å².